The van der Waals surface area contributed by atoms with Crippen molar-refractivity contribution < 1.29 is 13.5 Å². The number of hydrogen-bond donors (Lipinski definition) is 1. The first-order valence-corrected chi connectivity index (χ1v) is 8.58. The van der Waals surface area contributed by atoms with Crippen LogP contribution in [0.3, 0.4) is 0 Å². The summed E-state index contributed by atoms with van der Waals surface area (Å²) in [5, 5.41) is 10.3. The summed E-state index contributed by atoms with van der Waals surface area (Å²) in [6.07, 6.45) is 0.627. The van der Waals surface area contributed by atoms with E-state index in [-0.39, 0.29) is 16.5 Å². The van der Waals surface area contributed by atoms with Crippen LogP contribution in [-0.2, 0) is 10.0 Å². The van der Waals surface area contributed by atoms with Gasteiger partial charge in [-0.1, -0.05) is 23.2 Å². The summed E-state index contributed by atoms with van der Waals surface area (Å²) in [5.41, 5.74) is 1.07. The molecule has 1 aromatic carbocycles. The summed E-state index contributed by atoms with van der Waals surface area (Å²) in [4.78, 5) is 0.0540. The van der Waals surface area contributed by atoms with Crippen molar-refractivity contribution in [3.05, 3.63) is 27.2 Å². The average molecular weight is 338 g/mol. The number of β-amino-alcohol motifs (C(OH)–C–C–N with tert-alkyl or cyclic N) is 1. The molecule has 0 saturated carbocycles. The lowest BCUT2D eigenvalue weighted by atomic mass is 10.1. The quantitative estimate of drug-likeness (QED) is 0.902. The Morgan fingerprint density at radius 2 is 2.00 bits per heavy atom. The van der Waals surface area contributed by atoms with E-state index >= 15 is 0 Å². The zero-order chi connectivity index (χ0) is 15.1. The first-order valence-electron chi connectivity index (χ1n) is 6.38. The zero-order valence-electron chi connectivity index (χ0n) is 11.4. The highest BCUT2D eigenvalue weighted by molar-refractivity contribution is 7.89. The van der Waals surface area contributed by atoms with Gasteiger partial charge in [0.05, 0.1) is 11.1 Å². The van der Waals surface area contributed by atoms with Crippen LogP contribution in [0.2, 0.25) is 10.0 Å². The van der Waals surface area contributed by atoms with E-state index < -0.39 is 16.1 Å². The maximum atomic E-state index is 12.8. The van der Waals surface area contributed by atoms with E-state index in [1.165, 1.54) is 4.31 Å². The summed E-state index contributed by atoms with van der Waals surface area (Å²) in [6.45, 7) is 3.85. The van der Waals surface area contributed by atoms with Crippen molar-refractivity contribution in [2.75, 3.05) is 13.1 Å². The Hall–Kier alpha value is -0.330. The molecular weight excluding hydrogens is 321 g/mol. The molecule has 1 fully saturated rings. The van der Waals surface area contributed by atoms with Gasteiger partial charge in [-0.25, -0.2) is 8.42 Å². The molecule has 4 nitrogen and oxygen atoms in total. The van der Waals surface area contributed by atoms with Crippen molar-refractivity contribution in [3.8, 4) is 0 Å². The molecule has 0 spiro atoms. The number of nitrogens with zero attached hydrogens (tertiary/aromatic N) is 1. The Labute approximate surface area is 129 Å². The first-order chi connectivity index (χ1) is 9.25. The van der Waals surface area contributed by atoms with Gasteiger partial charge in [-0.2, -0.15) is 4.31 Å². The van der Waals surface area contributed by atoms with Gasteiger partial charge in [0.25, 0.3) is 0 Å². The molecule has 0 amide bonds. The topological polar surface area (TPSA) is 57.6 Å². The minimum absolute atomic E-state index is 0.0540. The van der Waals surface area contributed by atoms with Crippen LogP contribution in [0.15, 0.2) is 11.0 Å². The molecule has 1 aliphatic heterocycles. The highest BCUT2D eigenvalue weighted by Gasteiger charge is 2.33. The van der Waals surface area contributed by atoms with E-state index in [0.717, 1.165) is 0 Å². The van der Waals surface area contributed by atoms with Gasteiger partial charge >= 0.3 is 0 Å². The summed E-state index contributed by atoms with van der Waals surface area (Å²) in [5.74, 6) is 0. The Kier molecular flexibility index (Phi) is 4.66. The zero-order valence-corrected chi connectivity index (χ0v) is 13.7. The van der Waals surface area contributed by atoms with E-state index in [1.54, 1.807) is 19.9 Å². The fraction of sp³-hybridized carbons (Fsp3) is 0.538. The molecule has 1 heterocycles. The lowest BCUT2D eigenvalue weighted by molar-refractivity contribution is 0.108. The highest BCUT2D eigenvalue weighted by atomic mass is 35.5. The Bertz CT molecular complexity index is 605. The summed E-state index contributed by atoms with van der Waals surface area (Å²) < 4.78 is 26.8. The fourth-order valence-corrected chi connectivity index (χ4v) is 5.07. The SMILES string of the molecule is Cc1cc(Cl)c(C)c(S(=O)(=O)N2CCCC(O)C2)c1Cl. The molecule has 0 aromatic heterocycles. The molecule has 0 radical (unpaired) electrons. The van der Waals surface area contributed by atoms with Gasteiger partial charge < -0.3 is 5.11 Å². The predicted molar refractivity (Wildman–Crippen MR) is 79.9 cm³/mol. The molecule has 0 bridgehead atoms. The summed E-state index contributed by atoms with van der Waals surface area (Å²) in [6, 6.07) is 1.66. The van der Waals surface area contributed by atoms with Crippen molar-refractivity contribution in [2.45, 2.75) is 37.7 Å². The smallest absolute Gasteiger partial charge is 0.244 e. The van der Waals surface area contributed by atoms with E-state index in [1.807, 2.05) is 0 Å². The van der Waals surface area contributed by atoms with Crippen LogP contribution in [0.5, 0.6) is 0 Å². The number of halogens is 2. The van der Waals surface area contributed by atoms with Crippen LogP contribution < -0.4 is 0 Å². The Morgan fingerprint density at radius 3 is 2.60 bits per heavy atom. The molecular formula is C13H17Cl2NO3S. The van der Waals surface area contributed by atoms with E-state index in [2.05, 4.69) is 0 Å². The standard InChI is InChI=1S/C13H17Cl2NO3S/c1-8-6-11(14)9(2)13(12(8)15)20(18,19)16-5-3-4-10(17)7-16/h6,10,17H,3-5,7H2,1-2H3. The summed E-state index contributed by atoms with van der Waals surface area (Å²) >= 11 is 12.3. The second kappa shape index (κ2) is 5.81. The van der Waals surface area contributed by atoms with Crippen LogP contribution in [0.1, 0.15) is 24.0 Å². The van der Waals surface area contributed by atoms with Crippen LogP contribution in [0, 0.1) is 13.8 Å². The molecule has 1 aromatic rings. The molecule has 1 saturated heterocycles. The second-order valence-electron chi connectivity index (χ2n) is 5.10. The number of rotatable bonds is 2. The largest absolute Gasteiger partial charge is 0.392 e. The highest BCUT2D eigenvalue weighted by Crippen LogP contribution is 2.35. The van der Waals surface area contributed by atoms with E-state index in [4.69, 9.17) is 23.2 Å². The van der Waals surface area contributed by atoms with Crippen molar-refractivity contribution in [1.29, 1.82) is 0 Å². The van der Waals surface area contributed by atoms with Gasteiger partial charge in [0.2, 0.25) is 10.0 Å². The van der Waals surface area contributed by atoms with Crippen molar-refractivity contribution in [1.82, 2.24) is 4.31 Å². The normalized spacial score (nSPS) is 21.1. The Morgan fingerprint density at radius 1 is 1.35 bits per heavy atom. The van der Waals surface area contributed by atoms with Gasteiger partial charge in [0, 0.05) is 18.1 Å². The first kappa shape index (κ1) is 16.0. The molecule has 1 atom stereocenters. The average Bonchev–Trinajstić information content (AvgIpc) is 2.36. The van der Waals surface area contributed by atoms with Gasteiger partial charge in [0.15, 0.2) is 0 Å². The van der Waals surface area contributed by atoms with E-state index in [9.17, 15) is 13.5 Å². The van der Waals surface area contributed by atoms with Crippen molar-refractivity contribution in [3.63, 3.8) is 0 Å². The molecule has 20 heavy (non-hydrogen) atoms. The molecule has 7 heteroatoms. The van der Waals surface area contributed by atoms with Gasteiger partial charge in [0.1, 0.15) is 4.90 Å². The number of aliphatic hydroxyl groups is 1. The molecule has 1 N–H and O–H groups in total. The van der Waals surface area contributed by atoms with Crippen LogP contribution in [-0.4, -0.2) is 37.0 Å². The third-order valence-electron chi connectivity index (χ3n) is 3.54. The molecule has 0 aliphatic carbocycles. The second-order valence-corrected chi connectivity index (χ2v) is 7.76. The number of piperidine rings is 1. The van der Waals surface area contributed by atoms with Gasteiger partial charge in [-0.15, -0.1) is 0 Å². The third kappa shape index (κ3) is 2.83. The van der Waals surface area contributed by atoms with Crippen LogP contribution in [0.4, 0.5) is 0 Å². The Balaban J connectivity index is 2.55. The molecule has 2 rings (SSSR count). The minimum atomic E-state index is -3.74. The minimum Gasteiger partial charge on any atom is -0.392 e. The van der Waals surface area contributed by atoms with Crippen molar-refractivity contribution >= 4 is 33.2 Å². The fourth-order valence-electron chi connectivity index (χ4n) is 2.39. The number of aryl methyl sites for hydroxylation is 1. The molecule has 1 unspecified atom stereocenters. The van der Waals surface area contributed by atoms with Gasteiger partial charge in [-0.3, -0.25) is 0 Å². The van der Waals surface area contributed by atoms with Crippen LogP contribution in [0.25, 0.3) is 0 Å². The van der Waals surface area contributed by atoms with Crippen molar-refractivity contribution in [2.24, 2.45) is 0 Å². The lowest BCUT2D eigenvalue weighted by Gasteiger charge is -2.30. The number of benzene rings is 1. The predicted octanol–water partition coefficient (Wildman–Crippen LogP) is 2.76. The maximum absolute atomic E-state index is 12.8. The number of hydrogen-bond acceptors (Lipinski definition) is 3. The van der Waals surface area contributed by atoms with Crippen LogP contribution >= 0.6 is 23.2 Å². The molecule has 1 aliphatic rings. The summed E-state index contributed by atoms with van der Waals surface area (Å²) in [7, 11) is -3.74. The number of sulfonamides is 1. The van der Waals surface area contributed by atoms with E-state index in [0.29, 0.717) is 35.5 Å². The monoisotopic (exact) mass is 337 g/mol. The molecule has 112 valence electrons. The number of aliphatic hydroxyl groups excluding tert-OH is 1. The third-order valence-corrected chi connectivity index (χ3v) is 6.57. The lowest BCUT2D eigenvalue weighted by Crippen LogP contribution is -2.42. The van der Waals surface area contributed by atoms with Gasteiger partial charge in [-0.05, 0) is 43.9 Å². The maximum Gasteiger partial charge on any atom is 0.244 e.